The van der Waals surface area contributed by atoms with E-state index in [1.54, 1.807) is 19.1 Å². The molecule has 180 valence electrons. The Morgan fingerprint density at radius 2 is 2.09 bits per heavy atom. The smallest absolute Gasteiger partial charge is 0.250 e. The number of aromatic nitrogens is 5. The van der Waals surface area contributed by atoms with E-state index < -0.39 is 5.54 Å². The molecule has 1 aliphatic carbocycles. The molecular formula is C25H27FN8O. The molecule has 4 aromatic rings. The van der Waals surface area contributed by atoms with Gasteiger partial charge in [0.2, 0.25) is 17.8 Å². The van der Waals surface area contributed by atoms with E-state index in [0.717, 1.165) is 17.8 Å². The van der Waals surface area contributed by atoms with Gasteiger partial charge in [-0.15, -0.1) is 0 Å². The number of nitrogens with one attached hydrogen (secondary N) is 3. The van der Waals surface area contributed by atoms with Gasteiger partial charge in [0.25, 0.3) is 0 Å². The van der Waals surface area contributed by atoms with Gasteiger partial charge in [-0.05, 0) is 75.4 Å². The van der Waals surface area contributed by atoms with Crippen molar-refractivity contribution in [1.29, 1.82) is 0 Å². The van der Waals surface area contributed by atoms with Crippen LogP contribution in [0.25, 0.3) is 5.65 Å². The normalized spacial score (nSPS) is 19.9. The van der Waals surface area contributed by atoms with Gasteiger partial charge in [-0.1, -0.05) is 0 Å². The van der Waals surface area contributed by atoms with Crippen LogP contribution in [0.5, 0.6) is 0 Å². The number of H-pyrrole nitrogens is 1. The zero-order valence-electron chi connectivity index (χ0n) is 19.7. The summed E-state index contributed by atoms with van der Waals surface area (Å²) < 4.78 is 15.5. The van der Waals surface area contributed by atoms with Crippen LogP contribution in [0, 0.1) is 12.7 Å². The molecule has 4 heterocycles. The molecule has 2 aliphatic rings. The van der Waals surface area contributed by atoms with Crippen molar-refractivity contribution in [2.45, 2.75) is 51.0 Å². The van der Waals surface area contributed by atoms with Crippen LogP contribution in [0.1, 0.15) is 49.8 Å². The van der Waals surface area contributed by atoms with Gasteiger partial charge < -0.3 is 15.5 Å². The third-order valence-corrected chi connectivity index (χ3v) is 7.02. The first-order valence-electron chi connectivity index (χ1n) is 11.9. The highest BCUT2D eigenvalue weighted by molar-refractivity contribution is 6.00. The number of hydrogen-bond acceptors (Lipinski definition) is 6. The number of aryl methyl sites for hydroxylation is 1. The molecule has 6 rings (SSSR count). The summed E-state index contributed by atoms with van der Waals surface area (Å²) in [5.74, 6) is 1.84. The van der Waals surface area contributed by atoms with Crippen molar-refractivity contribution in [2.24, 2.45) is 0 Å². The van der Waals surface area contributed by atoms with Crippen molar-refractivity contribution in [2.75, 3.05) is 22.1 Å². The first-order valence-corrected chi connectivity index (χ1v) is 11.9. The third-order valence-electron chi connectivity index (χ3n) is 7.02. The number of carbonyl (C=O) groups excluding carboxylic acids is 1. The number of carbonyl (C=O) groups is 1. The minimum atomic E-state index is -0.851. The van der Waals surface area contributed by atoms with E-state index in [4.69, 9.17) is 9.97 Å². The standard InChI is InChI=1S/C25H27FN8O/c1-15-13-17(8-9-18(15)26)27-22(35)25(2)10-4-12-34(25)24-29-21-5-3-11-33(21)23(30-24)28-20-14-19(31-32-20)16-6-7-16/h3,5,8-9,11,13-14,16H,4,6-7,10,12H2,1-2H3,(H,27,35)(H2,28,29,30,31,32)/t25-/m0/s1. The lowest BCUT2D eigenvalue weighted by atomic mass is 9.97. The van der Waals surface area contributed by atoms with Crippen molar-refractivity contribution >= 4 is 35.0 Å². The third kappa shape index (κ3) is 3.88. The molecule has 1 atom stereocenters. The number of halogens is 1. The first kappa shape index (κ1) is 21.6. The highest BCUT2D eigenvalue weighted by Crippen LogP contribution is 2.40. The van der Waals surface area contributed by atoms with Gasteiger partial charge in [-0.3, -0.25) is 14.3 Å². The Labute approximate surface area is 201 Å². The second-order valence-corrected chi connectivity index (χ2v) is 9.64. The number of fused-ring (bicyclic) bond motifs is 1. The zero-order valence-corrected chi connectivity index (χ0v) is 19.7. The summed E-state index contributed by atoms with van der Waals surface area (Å²) in [6, 6.07) is 10.4. The predicted octanol–water partition coefficient (Wildman–Crippen LogP) is 4.52. The van der Waals surface area contributed by atoms with Crippen LogP contribution in [-0.4, -0.2) is 42.6 Å². The minimum Gasteiger partial charge on any atom is -0.326 e. The maximum Gasteiger partial charge on any atom is 0.250 e. The van der Waals surface area contributed by atoms with Gasteiger partial charge in [0, 0.05) is 36.1 Å². The molecule has 0 unspecified atom stereocenters. The average Bonchev–Trinajstić information content (AvgIpc) is 3.20. The van der Waals surface area contributed by atoms with E-state index in [2.05, 4.69) is 20.8 Å². The van der Waals surface area contributed by atoms with E-state index in [0.29, 0.717) is 47.8 Å². The summed E-state index contributed by atoms with van der Waals surface area (Å²) in [5.41, 5.74) is 2.05. The summed E-state index contributed by atoms with van der Waals surface area (Å²) in [6.07, 6.45) is 5.75. The Bertz CT molecular complexity index is 1420. The molecule has 1 aliphatic heterocycles. The molecular weight excluding hydrogens is 447 g/mol. The van der Waals surface area contributed by atoms with Gasteiger partial charge >= 0.3 is 0 Å². The molecule has 35 heavy (non-hydrogen) atoms. The molecule has 1 saturated carbocycles. The summed E-state index contributed by atoms with van der Waals surface area (Å²) in [4.78, 5) is 25.0. The van der Waals surface area contributed by atoms with Crippen LogP contribution in [0.2, 0.25) is 0 Å². The maximum absolute atomic E-state index is 13.7. The Morgan fingerprint density at radius 1 is 1.23 bits per heavy atom. The highest BCUT2D eigenvalue weighted by atomic mass is 19.1. The van der Waals surface area contributed by atoms with E-state index in [-0.39, 0.29) is 11.7 Å². The number of aromatic amines is 1. The minimum absolute atomic E-state index is 0.171. The zero-order chi connectivity index (χ0) is 24.2. The summed E-state index contributed by atoms with van der Waals surface area (Å²) >= 11 is 0. The molecule has 1 saturated heterocycles. The Balaban J connectivity index is 1.30. The molecule has 9 nitrogen and oxygen atoms in total. The monoisotopic (exact) mass is 474 g/mol. The summed E-state index contributed by atoms with van der Waals surface area (Å²) in [7, 11) is 0. The lowest BCUT2D eigenvalue weighted by Gasteiger charge is -2.34. The van der Waals surface area contributed by atoms with Gasteiger partial charge in [0.15, 0.2) is 5.82 Å². The largest absolute Gasteiger partial charge is 0.326 e. The SMILES string of the molecule is Cc1cc(NC(=O)[C@]2(C)CCCN2c2nc(Nc3cc(C4CC4)[nH]n3)n3cccc3n2)ccc1F. The summed E-state index contributed by atoms with van der Waals surface area (Å²) in [5, 5.41) is 13.8. The van der Waals surface area contributed by atoms with Gasteiger partial charge in [0.05, 0.1) is 0 Å². The molecule has 0 radical (unpaired) electrons. The van der Waals surface area contributed by atoms with Gasteiger partial charge in [0.1, 0.15) is 17.0 Å². The Hall–Kier alpha value is -3.95. The fourth-order valence-corrected chi connectivity index (χ4v) is 4.75. The molecule has 0 spiro atoms. The molecule has 3 N–H and O–H groups in total. The first-order chi connectivity index (χ1) is 16.9. The van der Waals surface area contributed by atoms with E-state index in [9.17, 15) is 9.18 Å². The molecule has 3 aromatic heterocycles. The average molecular weight is 475 g/mol. The van der Waals surface area contributed by atoms with Gasteiger partial charge in [-0.2, -0.15) is 15.1 Å². The van der Waals surface area contributed by atoms with E-state index in [1.165, 1.54) is 18.9 Å². The Kier molecular flexibility index (Phi) is 4.98. The second kappa shape index (κ2) is 8.07. The van der Waals surface area contributed by atoms with Crippen LogP contribution in [0.15, 0.2) is 42.6 Å². The van der Waals surface area contributed by atoms with Crippen LogP contribution < -0.4 is 15.5 Å². The summed E-state index contributed by atoms with van der Waals surface area (Å²) in [6.45, 7) is 4.23. The number of hydrogen-bond donors (Lipinski definition) is 3. The number of nitrogens with zero attached hydrogens (tertiary/aromatic N) is 5. The second-order valence-electron chi connectivity index (χ2n) is 9.64. The topological polar surface area (TPSA) is 103 Å². The number of rotatable bonds is 6. The number of amides is 1. The van der Waals surface area contributed by atoms with Crippen molar-refractivity contribution in [3.63, 3.8) is 0 Å². The number of anilines is 4. The van der Waals surface area contributed by atoms with Gasteiger partial charge in [-0.25, -0.2) is 4.39 Å². The molecule has 10 heteroatoms. The van der Waals surface area contributed by atoms with E-state index >= 15 is 0 Å². The maximum atomic E-state index is 13.7. The van der Waals surface area contributed by atoms with Crippen LogP contribution in [-0.2, 0) is 4.79 Å². The molecule has 2 fully saturated rings. The van der Waals surface area contributed by atoms with Crippen molar-refractivity contribution in [1.82, 2.24) is 24.6 Å². The van der Waals surface area contributed by atoms with Crippen LogP contribution in [0.4, 0.5) is 27.8 Å². The van der Waals surface area contributed by atoms with Crippen molar-refractivity contribution in [3.8, 4) is 0 Å². The quantitative estimate of drug-likeness (QED) is 0.380. The van der Waals surface area contributed by atoms with Crippen LogP contribution in [0.3, 0.4) is 0 Å². The fraction of sp³-hybridized carbons (Fsp3) is 0.360. The molecule has 1 aromatic carbocycles. The lowest BCUT2D eigenvalue weighted by molar-refractivity contribution is -0.120. The van der Waals surface area contributed by atoms with Crippen molar-refractivity contribution in [3.05, 3.63) is 59.7 Å². The fourth-order valence-electron chi connectivity index (χ4n) is 4.75. The number of benzene rings is 1. The van der Waals surface area contributed by atoms with E-state index in [1.807, 2.05) is 40.6 Å². The highest BCUT2D eigenvalue weighted by Gasteiger charge is 2.45. The molecule has 0 bridgehead atoms. The van der Waals surface area contributed by atoms with Crippen molar-refractivity contribution < 1.29 is 9.18 Å². The Morgan fingerprint density at radius 3 is 2.89 bits per heavy atom. The molecule has 1 amide bonds. The predicted molar refractivity (Wildman–Crippen MR) is 132 cm³/mol. The van der Waals surface area contributed by atoms with Crippen LogP contribution >= 0.6 is 0 Å². The lowest BCUT2D eigenvalue weighted by Crippen LogP contribution is -2.51.